The van der Waals surface area contributed by atoms with Gasteiger partial charge < -0.3 is 5.73 Å². The maximum absolute atomic E-state index is 5.80. The fourth-order valence-electron chi connectivity index (χ4n) is 1.81. The van der Waals surface area contributed by atoms with Gasteiger partial charge in [0, 0.05) is 22.8 Å². The Bertz CT molecular complexity index is 718. The summed E-state index contributed by atoms with van der Waals surface area (Å²) in [6.45, 7) is 0. The zero-order valence-corrected chi connectivity index (χ0v) is 12.6. The maximum Gasteiger partial charge on any atom is 0.191 e. The fourth-order valence-corrected chi connectivity index (χ4v) is 2.84. The number of nitrogens with two attached hydrogens (primary N) is 1. The summed E-state index contributed by atoms with van der Waals surface area (Å²) in [5, 5.41) is 6.47. The van der Waals surface area contributed by atoms with E-state index >= 15 is 0 Å². The number of benzene rings is 1. The molecule has 19 heavy (non-hydrogen) atoms. The molecule has 0 unspecified atom stereocenters. The fraction of sp³-hybridized carbons (Fsp3) is 0.0769. The van der Waals surface area contributed by atoms with E-state index in [9.17, 15) is 0 Å². The minimum absolute atomic E-state index is 0.712. The van der Waals surface area contributed by atoms with Crippen molar-refractivity contribution in [2.75, 3.05) is 5.73 Å². The quantitative estimate of drug-likeness (QED) is 0.729. The van der Waals surface area contributed by atoms with Crippen LogP contribution in [-0.4, -0.2) is 14.8 Å². The van der Waals surface area contributed by atoms with Crippen LogP contribution in [0.25, 0.3) is 22.1 Å². The van der Waals surface area contributed by atoms with Gasteiger partial charge in [-0.1, -0.05) is 6.07 Å². The number of aromatic nitrogens is 3. The molecule has 3 rings (SSSR count). The molecule has 3 aromatic rings. The Balaban J connectivity index is 2.08. The minimum atomic E-state index is 0.712. The number of hydrogen-bond donors (Lipinski definition) is 1. The summed E-state index contributed by atoms with van der Waals surface area (Å²) in [5.41, 5.74) is 7.50. The third kappa shape index (κ3) is 2.29. The molecule has 96 valence electrons. The first kappa shape index (κ1) is 12.4. The number of rotatable bonds is 2. The van der Waals surface area contributed by atoms with Crippen LogP contribution >= 0.6 is 27.3 Å². The van der Waals surface area contributed by atoms with Crippen molar-refractivity contribution in [3.05, 3.63) is 40.2 Å². The van der Waals surface area contributed by atoms with Gasteiger partial charge in [-0.15, -0.1) is 16.4 Å². The topological polar surface area (TPSA) is 56.7 Å². The smallest absolute Gasteiger partial charge is 0.191 e. The Kier molecular flexibility index (Phi) is 3.12. The molecule has 4 nitrogen and oxygen atoms in total. The summed E-state index contributed by atoms with van der Waals surface area (Å²) in [7, 11) is 1.89. The van der Waals surface area contributed by atoms with Gasteiger partial charge in [0.25, 0.3) is 0 Å². The zero-order valence-electron chi connectivity index (χ0n) is 10.2. The highest BCUT2D eigenvalue weighted by molar-refractivity contribution is 9.10. The van der Waals surface area contributed by atoms with Crippen molar-refractivity contribution in [3.8, 4) is 22.1 Å². The van der Waals surface area contributed by atoms with Crippen LogP contribution in [0.2, 0.25) is 0 Å². The molecule has 2 aromatic heterocycles. The molecule has 2 N–H and O–H groups in total. The van der Waals surface area contributed by atoms with Crippen molar-refractivity contribution >= 4 is 33.0 Å². The molecule has 1 aromatic carbocycles. The lowest BCUT2D eigenvalue weighted by atomic mass is 10.2. The molecule has 2 heterocycles. The van der Waals surface area contributed by atoms with Crippen molar-refractivity contribution in [1.82, 2.24) is 14.8 Å². The first-order valence-electron chi connectivity index (χ1n) is 5.65. The molecule has 0 spiro atoms. The second-order valence-electron chi connectivity index (χ2n) is 4.10. The molecular formula is C13H11BrN4S. The lowest BCUT2D eigenvalue weighted by molar-refractivity contribution is 0.777. The van der Waals surface area contributed by atoms with E-state index in [1.807, 2.05) is 42.8 Å². The van der Waals surface area contributed by atoms with E-state index in [0.717, 1.165) is 26.6 Å². The summed E-state index contributed by atoms with van der Waals surface area (Å²) >= 11 is 5.06. The van der Waals surface area contributed by atoms with Gasteiger partial charge in [0.2, 0.25) is 0 Å². The molecule has 0 saturated heterocycles. The van der Waals surface area contributed by atoms with Crippen LogP contribution in [0, 0.1) is 0 Å². The van der Waals surface area contributed by atoms with Crippen LogP contribution in [0.15, 0.2) is 40.2 Å². The number of thiophene rings is 1. The van der Waals surface area contributed by atoms with Gasteiger partial charge >= 0.3 is 0 Å². The van der Waals surface area contributed by atoms with Gasteiger partial charge in [-0.2, -0.15) is 0 Å². The van der Waals surface area contributed by atoms with Gasteiger partial charge in [-0.05, 0) is 45.6 Å². The predicted octanol–water partition coefficient (Wildman–Crippen LogP) is 3.56. The van der Waals surface area contributed by atoms with Crippen LogP contribution in [-0.2, 0) is 7.05 Å². The van der Waals surface area contributed by atoms with Crippen molar-refractivity contribution in [3.63, 3.8) is 0 Å². The molecule has 0 aliphatic rings. The highest BCUT2D eigenvalue weighted by Gasteiger charge is 2.12. The van der Waals surface area contributed by atoms with E-state index in [1.54, 1.807) is 16.0 Å². The van der Waals surface area contributed by atoms with E-state index in [0.29, 0.717) is 5.69 Å². The second kappa shape index (κ2) is 4.79. The second-order valence-corrected chi connectivity index (χ2v) is 5.90. The number of nitrogens with zero attached hydrogens (tertiary/aromatic N) is 3. The van der Waals surface area contributed by atoms with Crippen LogP contribution < -0.4 is 5.73 Å². The Morgan fingerprint density at radius 3 is 2.84 bits per heavy atom. The van der Waals surface area contributed by atoms with Crippen LogP contribution in [0.3, 0.4) is 0 Å². The molecule has 0 fully saturated rings. The van der Waals surface area contributed by atoms with Crippen LogP contribution in [0.5, 0.6) is 0 Å². The molecule has 0 radical (unpaired) electrons. The van der Waals surface area contributed by atoms with E-state index in [2.05, 4.69) is 26.0 Å². The maximum atomic E-state index is 5.80. The third-order valence-corrected chi connectivity index (χ3v) is 4.32. The van der Waals surface area contributed by atoms with Gasteiger partial charge in [0.1, 0.15) is 0 Å². The Morgan fingerprint density at radius 2 is 2.16 bits per heavy atom. The summed E-state index contributed by atoms with van der Waals surface area (Å²) < 4.78 is 2.65. The molecule has 0 saturated carbocycles. The van der Waals surface area contributed by atoms with Crippen molar-refractivity contribution < 1.29 is 0 Å². The standard InChI is InChI=1S/C13H11BrN4S/c1-18-13(8-4-5-10(15)9(14)7-8)16-12(17-18)11-3-2-6-19-11/h2-7H,15H2,1H3. The summed E-state index contributed by atoms with van der Waals surface area (Å²) in [6, 6.07) is 9.78. The lowest BCUT2D eigenvalue weighted by Gasteiger charge is -2.02. The summed E-state index contributed by atoms with van der Waals surface area (Å²) in [4.78, 5) is 5.66. The molecule has 0 atom stereocenters. The Hall–Kier alpha value is -1.66. The molecule has 0 amide bonds. The largest absolute Gasteiger partial charge is 0.398 e. The van der Waals surface area contributed by atoms with E-state index in [1.165, 1.54) is 0 Å². The van der Waals surface area contributed by atoms with Gasteiger partial charge in [-0.3, -0.25) is 0 Å². The van der Waals surface area contributed by atoms with E-state index < -0.39 is 0 Å². The lowest BCUT2D eigenvalue weighted by Crippen LogP contribution is -1.95. The first-order chi connectivity index (χ1) is 9.15. The van der Waals surface area contributed by atoms with Crippen molar-refractivity contribution in [2.45, 2.75) is 0 Å². The Labute approximate surface area is 123 Å². The van der Waals surface area contributed by atoms with E-state index in [4.69, 9.17) is 5.73 Å². The minimum Gasteiger partial charge on any atom is -0.398 e. The molecule has 0 aliphatic carbocycles. The SMILES string of the molecule is Cn1nc(-c2cccs2)nc1-c1ccc(N)c(Br)c1. The summed E-state index contributed by atoms with van der Waals surface area (Å²) in [5.74, 6) is 1.57. The molecule has 6 heteroatoms. The molecule has 0 bridgehead atoms. The highest BCUT2D eigenvalue weighted by atomic mass is 79.9. The Morgan fingerprint density at radius 1 is 1.32 bits per heavy atom. The van der Waals surface area contributed by atoms with Gasteiger partial charge in [0.15, 0.2) is 11.6 Å². The monoisotopic (exact) mass is 334 g/mol. The van der Waals surface area contributed by atoms with Gasteiger partial charge in [-0.25, -0.2) is 9.67 Å². The predicted molar refractivity (Wildman–Crippen MR) is 81.9 cm³/mol. The van der Waals surface area contributed by atoms with Crippen LogP contribution in [0.4, 0.5) is 5.69 Å². The van der Waals surface area contributed by atoms with Crippen molar-refractivity contribution in [1.29, 1.82) is 0 Å². The van der Waals surface area contributed by atoms with E-state index in [-0.39, 0.29) is 0 Å². The number of hydrogen-bond acceptors (Lipinski definition) is 4. The number of halogens is 1. The third-order valence-electron chi connectivity index (χ3n) is 2.76. The molecular weight excluding hydrogens is 324 g/mol. The number of anilines is 1. The summed E-state index contributed by atoms with van der Waals surface area (Å²) in [6.07, 6.45) is 0. The normalized spacial score (nSPS) is 10.8. The highest BCUT2D eigenvalue weighted by Crippen LogP contribution is 2.28. The number of nitrogen functional groups attached to an aromatic ring is 1. The average molecular weight is 335 g/mol. The van der Waals surface area contributed by atoms with Crippen LogP contribution in [0.1, 0.15) is 0 Å². The molecule has 0 aliphatic heterocycles. The first-order valence-corrected chi connectivity index (χ1v) is 7.33. The van der Waals surface area contributed by atoms with Gasteiger partial charge in [0.05, 0.1) is 4.88 Å². The zero-order chi connectivity index (χ0) is 13.4. The average Bonchev–Trinajstić information content (AvgIpc) is 3.01. The number of aryl methyl sites for hydroxylation is 1. The van der Waals surface area contributed by atoms with Crippen molar-refractivity contribution in [2.24, 2.45) is 7.05 Å².